The molecule has 0 radical (unpaired) electrons. The predicted octanol–water partition coefficient (Wildman–Crippen LogP) is 2.97. The molecular formula is C20H25N3O2S. The molecule has 1 aromatic heterocycles. The molecule has 2 heterocycles. The van der Waals surface area contributed by atoms with E-state index in [1.165, 1.54) is 17.3 Å². The molecule has 1 saturated heterocycles. The van der Waals surface area contributed by atoms with Crippen LogP contribution in [0, 0.1) is 6.92 Å². The highest BCUT2D eigenvalue weighted by Gasteiger charge is 2.28. The van der Waals surface area contributed by atoms with Gasteiger partial charge in [0.15, 0.2) is 5.16 Å². The van der Waals surface area contributed by atoms with E-state index in [4.69, 9.17) is 0 Å². The van der Waals surface area contributed by atoms with Gasteiger partial charge in [0.05, 0.1) is 0 Å². The van der Waals surface area contributed by atoms with E-state index in [9.17, 15) is 9.59 Å². The summed E-state index contributed by atoms with van der Waals surface area (Å²) in [6.45, 7) is 2.65. The molecule has 6 heteroatoms. The summed E-state index contributed by atoms with van der Waals surface area (Å²) in [5.74, 6) is 0.135. The molecule has 0 saturated carbocycles. The smallest absolute Gasteiger partial charge is 0.254 e. The zero-order valence-electron chi connectivity index (χ0n) is 15.3. The lowest BCUT2D eigenvalue weighted by Gasteiger charge is -2.25. The van der Waals surface area contributed by atoms with Crippen molar-refractivity contribution in [3.8, 4) is 0 Å². The summed E-state index contributed by atoms with van der Waals surface area (Å²) in [5.41, 5.74) is 2.47. The van der Waals surface area contributed by atoms with Gasteiger partial charge in [-0.25, -0.2) is 4.98 Å². The standard InChI is InChI=1S/C20H25N3O2S/c1-14-17(19(25)22-20(21-14)26-2)10-11-18(24)23-12-6-9-16(23)13-15-7-4-3-5-8-15/h3-5,7-8,16H,6,9-13H2,1-2H3,(H,21,22,25). The number of carbonyl (C=O) groups excluding carboxylic acids is 1. The zero-order chi connectivity index (χ0) is 18.5. The minimum Gasteiger partial charge on any atom is -0.339 e. The number of amides is 1. The van der Waals surface area contributed by atoms with Gasteiger partial charge in [-0.05, 0) is 44.4 Å². The van der Waals surface area contributed by atoms with E-state index in [-0.39, 0.29) is 17.5 Å². The molecule has 1 N–H and O–H groups in total. The number of nitrogens with zero attached hydrogens (tertiary/aromatic N) is 2. The highest BCUT2D eigenvalue weighted by molar-refractivity contribution is 7.98. The largest absolute Gasteiger partial charge is 0.339 e. The molecule has 26 heavy (non-hydrogen) atoms. The third kappa shape index (κ3) is 4.36. The third-order valence-electron chi connectivity index (χ3n) is 4.99. The summed E-state index contributed by atoms with van der Waals surface area (Å²) < 4.78 is 0. The molecule has 5 nitrogen and oxygen atoms in total. The minimum absolute atomic E-state index is 0.128. The van der Waals surface area contributed by atoms with E-state index in [0.29, 0.717) is 29.3 Å². The van der Waals surface area contributed by atoms with Crippen LogP contribution in [0.25, 0.3) is 0 Å². The van der Waals surface area contributed by atoms with Gasteiger partial charge in [0.1, 0.15) is 0 Å². The number of likely N-dealkylation sites (tertiary alicyclic amines) is 1. The second kappa shape index (κ2) is 8.54. The quantitative estimate of drug-likeness (QED) is 0.626. The van der Waals surface area contributed by atoms with Crippen molar-refractivity contribution in [2.45, 2.75) is 50.2 Å². The highest BCUT2D eigenvalue weighted by atomic mass is 32.2. The van der Waals surface area contributed by atoms with Crippen molar-refractivity contribution in [1.29, 1.82) is 0 Å². The molecule has 1 amide bonds. The molecule has 138 valence electrons. The van der Waals surface area contributed by atoms with Crippen molar-refractivity contribution in [1.82, 2.24) is 14.9 Å². The van der Waals surface area contributed by atoms with Crippen molar-refractivity contribution in [2.75, 3.05) is 12.8 Å². The second-order valence-electron chi connectivity index (χ2n) is 6.71. The number of aryl methyl sites for hydroxylation is 1. The zero-order valence-corrected chi connectivity index (χ0v) is 16.1. The number of aromatic nitrogens is 2. The Hall–Kier alpha value is -2.08. The van der Waals surface area contributed by atoms with Gasteiger partial charge in [-0.3, -0.25) is 9.59 Å². The number of H-pyrrole nitrogens is 1. The Morgan fingerprint density at radius 1 is 1.35 bits per heavy atom. The Morgan fingerprint density at radius 2 is 2.12 bits per heavy atom. The van der Waals surface area contributed by atoms with Crippen LogP contribution in [-0.2, 0) is 17.6 Å². The van der Waals surface area contributed by atoms with Gasteiger partial charge < -0.3 is 9.88 Å². The number of nitrogens with one attached hydrogen (secondary N) is 1. The van der Waals surface area contributed by atoms with E-state index in [2.05, 4.69) is 22.1 Å². The van der Waals surface area contributed by atoms with Crippen LogP contribution in [0.2, 0.25) is 0 Å². The summed E-state index contributed by atoms with van der Waals surface area (Å²) in [6, 6.07) is 10.6. The van der Waals surface area contributed by atoms with Crippen LogP contribution >= 0.6 is 11.8 Å². The first-order valence-electron chi connectivity index (χ1n) is 9.05. The lowest BCUT2D eigenvalue weighted by atomic mass is 10.0. The van der Waals surface area contributed by atoms with Gasteiger partial charge in [0, 0.05) is 30.3 Å². The average molecular weight is 372 g/mol. The maximum Gasteiger partial charge on any atom is 0.254 e. The first kappa shape index (κ1) is 18.7. The summed E-state index contributed by atoms with van der Waals surface area (Å²) in [5, 5.41) is 0.616. The first-order valence-corrected chi connectivity index (χ1v) is 10.3. The van der Waals surface area contributed by atoms with Crippen LogP contribution in [0.5, 0.6) is 0 Å². The topological polar surface area (TPSA) is 66.1 Å². The van der Waals surface area contributed by atoms with Gasteiger partial charge in [-0.2, -0.15) is 0 Å². The number of carbonyl (C=O) groups is 1. The molecule has 0 bridgehead atoms. The Labute approximate surface area is 158 Å². The number of hydrogen-bond donors (Lipinski definition) is 1. The predicted molar refractivity (Wildman–Crippen MR) is 105 cm³/mol. The maximum absolute atomic E-state index is 12.8. The SMILES string of the molecule is CSc1nc(C)c(CCC(=O)N2CCCC2Cc2ccccc2)c(=O)[nH]1. The van der Waals surface area contributed by atoms with Crippen LogP contribution in [0.3, 0.4) is 0 Å². The van der Waals surface area contributed by atoms with Gasteiger partial charge in [0.25, 0.3) is 5.56 Å². The van der Waals surface area contributed by atoms with Crippen LogP contribution in [0.15, 0.2) is 40.3 Å². The fraction of sp³-hybridized carbons (Fsp3) is 0.450. The van der Waals surface area contributed by atoms with Crippen molar-refractivity contribution < 1.29 is 4.79 Å². The van der Waals surface area contributed by atoms with E-state index in [1.54, 1.807) is 0 Å². The van der Waals surface area contributed by atoms with Crippen LogP contribution in [-0.4, -0.2) is 39.6 Å². The van der Waals surface area contributed by atoms with Crippen molar-refractivity contribution >= 4 is 17.7 Å². The third-order valence-corrected chi connectivity index (χ3v) is 5.57. The molecule has 1 atom stereocenters. The van der Waals surface area contributed by atoms with Crippen molar-refractivity contribution in [3.05, 3.63) is 57.5 Å². The Kier molecular flexibility index (Phi) is 6.14. The maximum atomic E-state index is 12.8. The van der Waals surface area contributed by atoms with Crippen LogP contribution in [0.1, 0.15) is 36.1 Å². The summed E-state index contributed by atoms with van der Waals surface area (Å²) in [7, 11) is 0. The van der Waals surface area contributed by atoms with Crippen molar-refractivity contribution in [2.24, 2.45) is 0 Å². The molecule has 0 spiro atoms. The van der Waals surface area contributed by atoms with Gasteiger partial charge in [-0.1, -0.05) is 42.1 Å². The Bertz CT molecular complexity index is 820. The van der Waals surface area contributed by atoms with Gasteiger partial charge in [0.2, 0.25) is 5.91 Å². The molecule has 1 aliphatic heterocycles. The highest BCUT2D eigenvalue weighted by Crippen LogP contribution is 2.22. The molecule has 3 rings (SSSR count). The number of benzene rings is 1. The first-order chi connectivity index (χ1) is 12.6. The Morgan fingerprint density at radius 3 is 2.81 bits per heavy atom. The van der Waals surface area contributed by atoms with E-state index < -0.39 is 0 Å². The van der Waals surface area contributed by atoms with Crippen LogP contribution in [0.4, 0.5) is 0 Å². The van der Waals surface area contributed by atoms with Crippen molar-refractivity contribution in [3.63, 3.8) is 0 Å². The number of aromatic amines is 1. The Balaban J connectivity index is 1.63. The fourth-order valence-corrected chi connectivity index (χ4v) is 4.04. The molecule has 1 aliphatic rings. The van der Waals surface area contributed by atoms with E-state index in [0.717, 1.165) is 25.8 Å². The monoisotopic (exact) mass is 371 g/mol. The summed E-state index contributed by atoms with van der Waals surface area (Å²) in [6.07, 6.45) is 5.67. The van der Waals surface area contributed by atoms with Gasteiger partial charge in [-0.15, -0.1) is 0 Å². The summed E-state index contributed by atoms with van der Waals surface area (Å²) >= 11 is 1.41. The van der Waals surface area contributed by atoms with E-state index in [1.807, 2.05) is 36.3 Å². The lowest BCUT2D eigenvalue weighted by Crippen LogP contribution is -2.37. The molecular weight excluding hydrogens is 346 g/mol. The van der Waals surface area contributed by atoms with Crippen LogP contribution < -0.4 is 5.56 Å². The second-order valence-corrected chi connectivity index (χ2v) is 7.51. The lowest BCUT2D eigenvalue weighted by molar-refractivity contribution is -0.131. The van der Waals surface area contributed by atoms with Gasteiger partial charge >= 0.3 is 0 Å². The molecule has 2 aromatic rings. The minimum atomic E-state index is -0.128. The molecule has 1 unspecified atom stereocenters. The molecule has 0 aliphatic carbocycles. The number of thioether (sulfide) groups is 1. The molecule has 1 fully saturated rings. The van der Waals surface area contributed by atoms with E-state index >= 15 is 0 Å². The number of rotatable bonds is 6. The normalized spacial score (nSPS) is 16.8. The number of hydrogen-bond acceptors (Lipinski definition) is 4. The summed E-state index contributed by atoms with van der Waals surface area (Å²) in [4.78, 5) is 34.1. The fourth-order valence-electron chi connectivity index (χ4n) is 3.61. The molecule has 1 aromatic carbocycles. The average Bonchev–Trinajstić information content (AvgIpc) is 3.09.